The minimum atomic E-state index is -4.38. The van der Waals surface area contributed by atoms with Crippen LogP contribution in [-0.4, -0.2) is 42.0 Å². The van der Waals surface area contributed by atoms with Crippen molar-refractivity contribution in [2.24, 2.45) is 11.3 Å². The van der Waals surface area contributed by atoms with Crippen LogP contribution in [0.1, 0.15) is 38.7 Å². The van der Waals surface area contributed by atoms with Crippen molar-refractivity contribution >= 4 is 11.7 Å². The second kappa shape index (κ2) is 7.08. The summed E-state index contributed by atoms with van der Waals surface area (Å²) >= 11 is 0. The highest BCUT2D eigenvalue weighted by Gasteiger charge is 2.46. The van der Waals surface area contributed by atoms with Crippen molar-refractivity contribution in [3.8, 4) is 0 Å². The van der Waals surface area contributed by atoms with E-state index in [2.05, 4.69) is 25.3 Å². The third-order valence-corrected chi connectivity index (χ3v) is 5.80. The molecule has 1 radical (unpaired) electrons. The van der Waals surface area contributed by atoms with Gasteiger partial charge in [0.05, 0.1) is 11.0 Å². The van der Waals surface area contributed by atoms with E-state index in [1.54, 1.807) is 0 Å². The van der Waals surface area contributed by atoms with E-state index in [0.29, 0.717) is 32.0 Å². The molecule has 4 nitrogen and oxygen atoms in total. The standard InChI is InChI=1S/C19H25F3N3O/c1-14(2)18(6-3-4-7-18)17(26)25-11-9-24(10-12-25)16-13-15(5-8-23-16)19(20,21)22/h3,5,8,13-14H,4,6-7,9-12H2,1-2H3. The van der Waals surface area contributed by atoms with Crippen LogP contribution in [0, 0.1) is 17.8 Å². The number of hydrogen-bond donors (Lipinski definition) is 0. The molecule has 1 aliphatic carbocycles. The second-order valence-corrected chi connectivity index (χ2v) is 7.52. The van der Waals surface area contributed by atoms with Gasteiger partial charge in [0.15, 0.2) is 0 Å². The van der Waals surface area contributed by atoms with Crippen LogP contribution in [0.5, 0.6) is 0 Å². The summed E-state index contributed by atoms with van der Waals surface area (Å²) in [6.45, 7) is 6.23. The van der Waals surface area contributed by atoms with Crippen molar-refractivity contribution in [2.45, 2.75) is 39.3 Å². The van der Waals surface area contributed by atoms with Gasteiger partial charge in [0.2, 0.25) is 5.91 Å². The lowest BCUT2D eigenvalue weighted by Gasteiger charge is -2.41. The zero-order valence-electron chi connectivity index (χ0n) is 15.2. The third-order valence-electron chi connectivity index (χ3n) is 5.80. The Morgan fingerprint density at radius 3 is 2.46 bits per heavy atom. The summed E-state index contributed by atoms with van der Waals surface area (Å²) in [4.78, 5) is 20.9. The number of amides is 1. The van der Waals surface area contributed by atoms with Gasteiger partial charge in [-0.25, -0.2) is 4.98 Å². The number of anilines is 1. The van der Waals surface area contributed by atoms with Gasteiger partial charge in [0, 0.05) is 32.4 Å². The van der Waals surface area contributed by atoms with Crippen molar-refractivity contribution in [3.05, 3.63) is 30.3 Å². The Balaban J connectivity index is 1.67. The smallest absolute Gasteiger partial charge is 0.353 e. The van der Waals surface area contributed by atoms with Gasteiger partial charge in [0.1, 0.15) is 5.82 Å². The first-order chi connectivity index (χ1) is 12.2. The topological polar surface area (TPSA) is 36.4 Å². The number of nitrogens with zero attached hydrogens (tertiary/aromatic N) is 3. The van der Waals surface area contributed by atoms with Crippen LogP contribution in [0.25, 0.3) is 0 Å². The molecule has 0 bridgehead atoms. The fourth-order valence-corrected chi connectivity index (χ4v) is 4.01. The molecule has 7 heteroatoms. The predicted octanol–water partition coefficient (Wildman–Crippen LogP) is 3.78. The summed E-state index contributed by atoms with van der Waals surface area (Å²) in [6, 6.07) is 2.06. The number of carbonyl (C=O) groups excluding carboxylic acids is 1. The van der Waals surface area contributed by atoms with Crippen molar-refractivity contribution < 1.29 is 18.0 Å². The normalized spacial score (nSPS) is 20.7. The monoisotopic (exact) mass is 368 g/mol. The van der Waals surface area contributed by atoms with Crippen molar-refractivity contribution in [1.82, 2.24) is 9.88 Å². The molecule has 26 heavy (non-hydrogen) atoms. The quantitative estimate of drug-likeness (QED) is 0.815. The van der Waals surface area contributed by atoms with Gasteiger partial charge in [-0.05, 0) is 43.7 Å². The van der Waals surface area contributed by atoms with Crippen molar-refractivity contribution in [1.29, 1.82) is 0 Å². The molecule has 143 valence electrons. The van der Waals surface area contributed by atoms with E-state index < -0.39 is 11.7 Å². The third kappa shape index (κ3) is 3.53. The van der Waals surface area contributed by atoms with E-state index in [4.69, 9.17) is 0 Å². The molecular formula is C19H25F3N3O. The van der Waals surface area contributed by atoms with E-state index in [1.807, 2.05) is 9.80 Å². The van der Waals surface area contributed by atoms with E-state index in [9.17, 15) is 18.0 Å². The molecule has 1 unspecified atom stereocenters. The van der Waals surface area contributed by atoms with Crippen molar-refractivity contribution in [2.75, 3.05) is 31.1 Å². The summed E-state index contributed by atoms with van der Waals surface area (Å²) in [5, 5.41) is 0. The van der Waals surface area contributed by atoms with Crippen LogP contribution in [0.3, 0.4) is 0 Å². The highest BCUT2D eigenvalue weighted by molar-refractivity contribution is 5.84. The number of halogens is 3. The molecule has 1 aliphatic heterocycles. The lowest BCUT2D eigenvalue weighted by molar-refractivity contribution is -0.144. The molecule has 0 aromatic carbocycles. The van der Waals surface area contributed by atoms with Gasteiger partial charge in [-0.1, -0.05) is 13.8 Å². The molecule has 1 saturated heterocycles. The summed E-state index contributed by atoms with van der Waals surface area (Å²) in [5.74, 6) is 0.787. The largest absolute Gasteiger partial charge is 0.416 e. The van der Waals surface area contributed by atoms with Crippen LogP contribution >= 0.6 is 0 Å². The summed E-state index contributed by atoms with van der Waals surface area (Å²) < 4.78 is 38.7. The van der Waals surface area contributed by atoms with Gasteiger partial charge < -0.3 is 9.80 Å². The van der Waals surface area contributed by atoms with Crippen LogP contribution in [-0.2, 0) is 11.0 Å². The number of alkyl halides is 3. The highest BCUT2D eigenvalue weighted by atomic mass is 19.4. The molecule has 3 rings (SSSR count). The van der Waals surface area contributed by atoms with Gasteiger partial charge in [-0.3, -0.25) is 4.79 Å². The maximum atomic E-state index is 13.1. The fourth-order valence-electron chi connectivity index (χ4n) is 4.01. The molecule has 2 fully saturated rings. The zero-order valence-corrected chi connectivity index (χ0v) is 15.2. The van der Waals surface area contributed by atoms with E-state index >= 15 is 0 Å². The van der Waals surface area contributed by atoms with Crippen LogP contribution in [0.15, 0.2) is 18.3 Å². The number of rotatable bonds is 3. The van der Waals surface area contributed by atoms with Crippen LogP contribution in [0.2, 0.25) is 0 Å². The Morgan fingerprint density at radius 2 is 1.92 bits per heavy atom. The average Bonchev–Trinajstić information content (AvgIpc) is 3.12. The molecule has 1 atom stereocenters. The zero-order chi connectivity index (χ0) is 18.9. The Bertz CT molecular complexity index is 646. The fraction of sp³-hybridized carbons (Fsp3) is 0.632. The van der Waals surface area contributed by atoms with E-state index in [1.165, 1.54) is 6.20 Å². The highest BCUT2D eigenvalue weighted by Crippen LogP contribution is 2.45. The number of hydrogen-bond acceptors (Lipinski definition) is 3. The molecule has 1 aromatic rings. The lowest BCUT2D eigenvalue weighted by Crippen LogP contribution is -2.54. The SMILES string of the molecule is CC(C)C1(C(=O)N2CCN(c3cc(C(F)(F)F)ccn3)CC2)C[CH]CC1. The second-order valence-electron chi connectivity index (χ2n) is 7.52. The van der Waals surface area contributed by atoms with Crippen molar-refractivity contribution in [3.63, 3.8) is 0 Å². The average molecular weight is 368 g/mol. The maximum Gasteiger partial charge on any atom is 0.416 e. The predicted molar refractivity (Wildman–Crippen MR) is 93.5 cm³/mol. The molecule has 0 N–H and O–H groups in total. The van der Waals surface area contributed by atoms with E-state index in [0.717, 1.165) is 31.4 Å². The summed E-state index contributed by atoms with van der Waals surface area (Å²) in [7, 11) is 0. The maximum absolute atomic E-state index is 13.1. The molecule has 2 aliphatic rings. The first kappa shape index (κ1) is 19.0. The van der Waals surface area contributed by atoms with E-state index in [-0.39, 0.29) is 17.2 Å². The number of piperazine rings is 1. The molecule has 1 amide bonds. The first-order valence-corrected chi connectivity index (χ1v) is 9.13. The number of pyridine rings is 1. The molecule has 2 heterocycles. The minimum Gasteiger partial charge on any atom is -0.353 e. The molecule has 1 aromatic heterocycles. The van der Waals surface area contributed by atoms with Crippen LogP contribution in [0.4, 0.5) is 19.0 Å². The molecular weight excluding hydrogens is 343 g/mol. The molecule has 0 spiro atoms. The number of aromatic nitrogens is 1. The minimum absolute atomic E-state index is 0.193. The Morgan fingerprint density at radius 1 is 1.23 bits per heavy atom. The first-order valence-electron chi connectivity index (χ1n) is 9.13. The summed E-state index contributed by atoms with van der Waals surface area (Å²) in [5.41, 5.74) is -1.00. The van der Waals surface area contributed by atoms with Crippen LogP contribution < -0.4 is 4.90 Å². The Hall–Kier alpha value is -1.79. The van der Waals surface area contributed by atoms with Gasteiger partial charge in [-0.15, -0.1) is 0 Å². The molecule has 1 saturated carbocycles. The van der Waals surface area contributed by atoms with Gasteiger partial charge in [0.25, 0.3) is 0 Å². The van der Waals surface area contributed by atoms with Gasteiger partial charge in [-0.2, -0.15) is 13.2 Å². The Labute approximate surface area is 152 Å². The lowest BCUT2D eigenvalue weighted by atomic mass is 9.74. The van der Waals surface area contributed by atoms with Gasteiger partial charge >= 0.3 is 6.18 Å². The number of carbonyl (C=O) groups is 1. The Kier molecular flexibility index (Phi) is 5.17. The summed E-state index contributed by atoms with van der Waals surface area (Å²) in [6.07, 6.45) is 1.69.